The third-order valence-electron chi connectivity index (χ3n) is 3.11. The van der Waals surface area contributed by atoms with Crippen LogP contribution in [0.3, 0.4) is 0 Å². The maximum absolute atomic E-state index is 13.0. The van der Waals surface area contributed by atoms with E-state index < -0.39 is 0 Å². The molecule has 0 aliphatic rings. The molecule has 2 aromatic rings. The number of rotatable bonds is 7. The summed E-state index contributed by atoms with van der Waals surface area (Å²) in [7, 11) is 3.47. The summed E-state index contributed by atoms with van der Waals surface area (Å²) in [4.78, 5) is 4.15. The van der Waals surface area contributed by atoms with Gasteiger partial charge in [-0.3, -0.25) is 4.98 Å². The molecule has 21 heavy (non-hydrogen) atoms. The molecule has 0 aliphatic heterocycles. The van der Waals surface area contributed by atoms with Gasteiger partial charge in [-0.15, -0.1) is 0 Å². The molecular formula is C16H19FN2O2. The summed E-state index contributed by atoms with van der Waals surface area (Å²) in [6, 6.07) is 10.6. The summed E-state index contributed by atoms with van der Waals surface area (Å²) in [5.41, 5.74) is 1.69. The van der Waals surface area contributed by atoms with E-state index in [1.54, 1.807) is 13.2 Å². The van der Waals surface area contributed by atoms with Crippen molar-refractivity contribution in [2.75, 3.05) is 27.4 Å². The summed E-state index contributed by atoms with van der Waals surface area (Å²) in [5, 5.41) is 3.19. The van der Waals surface area contributed by atoms with Gasteiger partial charge in [0.05, 0.1) is 24.5 Å². The first kappa shape index (κ1) is 15.4. The fraction of sp³-hybridized carbons (Fsp3) is 0.312. The van der Waals surface area contributed by atoms with Crippen molar-refractivity contribution >= 4 is 0 Å². The predicted molar refractivity (Wildman–Crippen MR) is 78.9 cm³/mol. The van der Waals surface area contributed by atoms with Gasteiger partial charge >= 0.3 is 0 Å². The predicted octanol–water partition coefficient (Wildman–Crippen LogP) is 2.55. The average Bonchev–Trinajstić information content (AvgIpc) is 2.51. The van der Waals surface area contributed by atoms with Gasteiger partial charge in [-0.05, 0) is 25.2 Å². The number of hydrogen-bond acceptors (Lipinski definition) is 4. The highest BCUT2D eigenvalue weighted by molar-refractivity contribution is 5.39. The van der Waals surface area contributed by atoms with Crippen molar-refractivity contribution in [3.05, 3.63) is 59.7 Å². The monoisotopic (exact) mass is 290 g/mol. The van der Waals surface area contributed by atoms with Crippen LogP contribution in [0.5, 0.6) is 5.75 Å². The van der Waals surface area contributed by atoms with Gasteiger partial charge in [-0.2, -0.15) is 0 Å². The van der Waals surface area contributed by atoms with Crippen molar-refractivity contribution in [3.63, 3.8) is 0 Å². The van der Waals surface area contributed by atoms with Crippen LogP contribution >= 0.6 is 0 Å². The second kappa shape index (κ2) is 7.71. The number of ether oxygens (including phenoxy) is 2. The maximum Gasteiger partial charge on any atom is 0.141 e. The Morgan fingerprint density at radius 2 is 2.00 bits per heavy atom. The smallest absolute Gasteiger partial charge is 0.141 e. The Bertz CT molecular complexity index is 560. The van der Waals surface area contributed by atoms with Gasteiger partial charge in [-0.1, -0.05) is 18.2 Å². The Hall–Kier alpha value is -1.98. The van der Waals surface area contributed by atoms with Crippen molar-refractivity contribution < 1.29 is 13.9 Å². The third kappa shape index (κ3) is 4.00. The molecule has 1 unspecified atom stereocenters. The summed E-state index contributed by atoms with van der Waals surface area (Å²) < 4.78 is 23.8. The summed E-state index contributed by atoms with van der Waals surface area (Å²) >= 11 is 0. The number of methoxy groups -OCH3 is 1. The summed E-state index contributed by atoms with van der Waals surface area (Å²) in [6.45, 7) is 0.994. The van der Waals surface area contributed by atoms with E-state index in [2.05, 4.69) is 10.3 Å². The largest absolute Gasteiger partial charge is 0.491 e. The zero-order valence-electron chi connectivity index (χ0n) is 12.2. The Morgan fingerprint density at radius 3 is 2.67 bits per heavy atom. The SMILES string of the molecule is CNC(c1ccc(F)cn1)c1ccccc1OCCOC. The van der Waals surface area contributed by atoms with Crippen molar-refractivity contribution in [1.29, 1.82) is 0 Å². The molecule has 0 bridgehead atoms. The lowest BCUT2D eigenvalue weighted by molar-refractivity contribution is 0.145. The molecule has 1 N–H and O–H groups in total. The fourth-order valence-corrected chi connectivity index (χ4v) is 2.11. The molecule has 1 aromatic heterocycles. The van der Waals surface area contributed by atoms with Crippen LogP contribution < -0.4 is 10.1 Å². The Kier molecular flexibility index (Phi) is 5.66. The van der Waals surface area contributed by atoms with E-state index in [9.17, 15) is 4.39 Å². The van der Waals surface area contributed by atoms with Gasteiger partial charge in [0.2, 0.25) is 0 Å². The van der Waals surface area contributed by atoms with Crippen molar-refractivity contribution in [3.8, 4) is 5.75 Å². The van der Waals surface area contributed by atoms with Gasteiger partial charge in [0.1, 0.15) is 18.2 Å². The van der Waals surface area contributed by atoms with Gasteiger partial charge in [0.15, 0.2) is 0 Å². The molecule has 5 heteroatoms. The molecule has 0 amide bonds. The van der Waals surface area contributed by atoms with Gasteiger partial charge < -0.3 is 14.8 Å². The molecule has 1 atom stereocenters. The highest BCUT2D eigenvalue weighted by Crippen LogP contribution is 2.28. The van der Waals surface area contributed by atoms with E-state index in [1.807, 2.05) is 31.3 Å². The first-order valence-electron chi connectivity index (χ1n) is 6.75. The molecule has 4 nitrogen and oxygen atoms in total. The minimum Gasteiger partial charge on any atom is -0.491 e. The van der Waals surface area contributed by atoms with Crippen LogP contribution in [0.15, 0.2) is 42.6 Å². The topological polar surface area (TPSA) is 43.4 Å². The second-order valence-corrected chi connectivity index (χ2v) is 4.50. The quantitative estimate of drug-likeness (QED) is 0.796. The van der Waals surface area contributed by atoms with E-state index in [1.165, 1.54) is 12.3 Å². The van der Waals surface area contributed by atoms with E-state index in [-0.39, 0.29) is 11.9 Å². The lowest BCUT2D eigenvalue weighted by atomic mass is 10.0. The molecule has 112 valence electrons. The molecule has 0 saturated carbocycles. The Balaban J connectivity index is 2.27. The van der Waals surface area contributed by atoms with Crippen LogP contribution in [-0.4, -0.2) is 32.4 Å². The first-order chi connectivity index (χ1) is 10.3. The van der Waals surface area contributed by atoms with Crippen LogP contribution in [0.1, 0.15) is 17.3 Å². The van der Waals surface area contributed by atoms with Gasteiger partial charge in [-0.25, -0.2) is 4.39 Å². The van der Waals surface area contributed by atoms with Gasteiger partial charge in [0, 0.05) is 12.7 Å². The minimum atomic E-state index is -0.349. The Morgan fingerprint density at radius 1 is 1.19 bits per heavy atom. The van der Waals surface area contributed by atoms with Crippen LogP contribution in [0.4, 0.5) is 4.39 Å². The molecule has 0 saturated heterocycles. The fourth-order valence-electron chi connectivity index (χ4n) is 2.11. The molecule has 0 fully saturated rings. The van der Waals surface area contributed by atoms with Crippen molar-refractivity contribution in [2.24, 2.45) is 0 Å². The summed E-state index contributed by atoms with van der Waals surface area (Å²) in [5.74, 6) is 0.415. The Labute approximate surface area is 123 Å². The number of nitrogens with one attached hydrogen (secondary N) is 1. The standard InChI is InChI=1S/C16H19FN2O2/c1-18-16(14-8-7-12(17)11-19-14)13-5-3-4-6-15(13)21-10-9-20-2/h3-8,11,16,18H,9-10H2,1-2H3. The number of nitrogens with zero attached hydrogens (tertiary/aromatic N) is 1. The van der Waals surface area contributed by atoms with E-state index >= 15 is 0 Å². The lowest BCUT2D eigenvalue weighted by Gasteiger charge is -2.19. The molecule has 1 aromatic carbocycles. The zero-order valence-corrected chi connectivity index (χ0v) is 12.2. The third-order valence-corrected chi connectivity index (χ3v) is 3.11. The highest BCUT2D eigenvalue weighted by Gasteiger charge is 2.17. The van der Waals surface area contributed by atoms with E-state index in [0.717, 1.165) is 17.0 Å². The van der Waals surface area contributed by atoms with Crippen LogP contribution in [0.2, 0.25) is 0 Å². The van der Waals surface area contributed by atoms with Crippen molar-refractivity contribution in [2.45, 2.75) is 6.04 Å². The highest BCUT2D eigenvalue weighted by atomic mass is 19.1. The van der Waals surface area contributed by atoms with Crippen LogP contribution in [0.25, 0.3) is 0 Å². The molecule has 1 heterocycles. The van der Waals surface area contributed by atoms with Gasteiger partial charge in [0.25, 0.3) is 0 Å². The normalized spacial score (nSPS) is 12.1. The van der Waals surface area contributed by atoms with E-state index in [0.29, 0.717) is 13.2 Å². The molecule has 0 spiro atoms. The molecule has 0 radical (unpaired) electrons. The van der Waals surface area contributed by atoms with Crippen molar-refractivity contribution in [1.82, 2.24) is 10.3 Å². The number of halogens is 1. The first-order valence-corrected chi connectivity index (χ1v) is 6.75. The van der Waals surface area contributed by atoms with Crippen LogP contribution in [-0.2, 0) is 4.74 Å². The molecule has 0 aliphatic carbocycles. The summed E-state index contributed by atoms with van der Waals surface area (Å²) in [6.07, 6.45) is 1.22. The average molecular weight is 290 g/mol. The lowest BCUT2D eigenvalue weighted by Crippen LogP contribution is -2.20. The minimum absolute atomic E-state index is 0.163. The number of hydrogen-bond donors (Lipinski definition) is 1. The zero-order chi connectivity index (χ0) is 15.1. The molecular weight excluding hydrogens is 271 g/mol. The molecule has 2 rings (SSSR count). The number of pyridine rings is 1. The van der Waals surface area contributed by atoms with E-state index in [4.69, 9.17) is 9.47 Å². The number of benzene rings is 1. The number of aromatic nitrogens is 1. The van der Waals surface area contributed by atoms with Crippen LogP contribution in [0, 0.1) is 5.82 Å². The number of para-hydroxylation sites is 1. The second-order valence-electron chi connectivity index (χ2n) is 4.50. The maximum atomic E-state index is 13.0.